The first-order valence-corrected chi connectivity index (χ1v) is 7.45. The average molecular weight is 315 g/mol. The van der Waals surface area contributed by atoms with Crippen molar-refractivity contribution in [2.24, 2.45) is 0 Å². The molecule has 1 N–H and O–H groups in total. The van der Waals surface area contributed by atoms with Gasteiger partial charge >= 0.3 is 5.97 Å². The molecule has 0 aliphatic carbocycles. The van der Waals surface area contributed by atoms with Gasteiger partial charge in [0.05, 0.1) is 17.7 Å². The Morgan fingerprint density at radius 2 is 1.78 bits per heavy atom. The molecule has 0 atom stereocenters. The van der Waals surface area contributed by atoms with Crippen LogP contribution in [-0.4, -0.2) is 18.5 Å². The average Bonchev–Trinajstić information content (AvgIpc) is 2.56. The Morgan fingerprint density at radius 1 is 1.09 bits per heavy atom. The fraction of sp³-hybridized carbons (Fsp3) is 0.222. The quantitative estimate of drug-likeness (QED) is 0.646. The lowest BCUT2D eigenvalue weighted by molar-refractivity contribution is 0.0499. The third kappa shape index (κ3) is 4.64. The molecule has 4 nitrogen and oxygen atoms in total. The maximum absolute atomic E-state index is 13.5. The van der Waals surface area contributed by atoms with Crippen molar-refractivity contribution in [2.75, 3.05) is 11.9 Å². The Bertz CT molecular complexity index is 683. The number of carbonyl (C=O) groups excluding carboxylic acids is 2. The number of ether oxygens (including phenoxy) is 1. The minimum atomic E-state index is -0.582. The van der Waals surface area contributed by atoms with Crippen LogP contribution >= 0.6 is 0 Å². The van der Waals surface area contributed by atoms with Gasteiger partial charge in [0.25, 0.3) is 5.91 Å². The van der Waals surface area contributed by atoms with Crippen molar-refractivity contribution in [3.8, 4) is 0 Å². The van der Waals surface area contributed by atoms with Crippen molar-refractivity contribution < 1.29 is 18.7 Å². The van der Waals surface area contributed by atoms with Gasteiger partial charge in [-0.1, -0.05) is 25.5 Å². The second kappa shape index (κ2) is 8.08. The summed E-state index contributed by atoms with van der Waals surface area (Å²) in [4.78, 5) is 23.7. The predicted octanol–water partition coefficient (Wildman–Crippen LogP) is 4.03. The smallest absolute Gasteiger partial charge is 0.338 e. The molecule has 120 valence electrons. The summed E-state index contributed by atoms with van der Waals surface area (Å²) in [6.45, 7) is 2.40. The van der Waals surface area contributed by atoms with Crippen LogP contribution in [0.1, 0.15) is 40.5 Å². The summed E-state index contributed by atoms with van der Waals surface area (Å²) in [5, 5.41) is 2.59. The molecule has 0 fully saturated rings. The van der Waals surface area contributed by atoms with Crippen LogP contribution in [0.25, 0.3) is 0 Å². The Kier molecular flexibility index (Phi) is 5.86. The summed E-state index contributed by atoms with van der Waals surface area (Å²) in [6, 6.07) is 12.0. The van der Waals surface area contributed by atoms with E-state index in [0.717, 1.165) is 12.8 Å². The number of carbonyl (C=O) groups is 2. The maximum atomic E-state index is 13.5. The number of unbranched alkanes of at least 4 members (excludes halogenated alkanes) is 1. The van der Waals surface area contributed by atoms with Crippen molar-refractivity contribution in [1.82, 2.24) is 0 Å². The maximum Gasteiger partial charge on any atom is 0.338 e. The Morgan fingerprint density at radius 3 is 2.43 bits per heavy atom. The monoisotopic (exact) mass is 315 g/mol. The van der Waals surface area contributed by atoms with E-state index in [-0.39, 0.29) is 5.56 Å². The van der Waals surface area contributed by atoms with E-state index < -0.39 is 17.7 Å². The van der Waals surface area contributed by atoms with Crippen LogP contribution < -0.4 is 5.32 Å². The lowest BCUT2D eigenvalue weighted by Gasteiger charge is -2.07. The third-order valence-corrected chi connectivity index (χ3v) is 3.23. The van der Waals surface area contributed by atoms with Crippen molar-refractivity contribution >= 4 is 17.6 Å². The molecule has 0 heterocycles. The summed E-state index contributed by atoms with van der Waals surface area (Å²) >= 11 is 0. The largest absolute Gasteiger partial charge is 0.462 e. The molecule has 0 bridgehead atoms. The highest BCUT2D eigenvalue weighted by Crippen LogP contribution is 2.14. The van der Waals surface area contributed by atoms with E-state index in [4.69, 9.17) is 4.74 Å². The zero-order valence-electron chi connectivity index (χ0n) is 12.8. The standard InChI is InChI=1S/C18H18FNO3/c1-2-3-12-23-18(22)13-8-10-14(11-9-13)20-17(21)15-6-4-5-7-16(15)19/h4-11H,2-3,12H2,1H3,(H,20,21). The van der Waals surface area contributed by atoms with Gasteiger partial charge in [-0.05, 0) is 42.8 Å². The number of nitrogens with one attached hydrogen (secondary N) is 1. The van der Waals surface area contributed by atoms with Gasteiger partial charge < -0.3 is 10.1 Å². The van der Waals surface area contributed by atoms with Gasteiger partial charge in [-0.15, -0.1) is 0 Å². The molecule has 0 aromatic heterocycles. The van der Waals surface area contributed by atoms with Gasteiger partial charge in [0.15, 0.2) is 0 Å². The second-order valence-corrected chi connectivity index (χ2v) is 5.00. The summed E-state index contributed by atoms with van der Waals surface area (Å²) < 4.78 is 18.6. The van der Waals surface area contributed by atoms with Gasteiger partial charge in [0, 0.05) is 5.69 Å². The van der Waals surface area contributed by atoms with Crippen molar-refractivity contribution in [1.29, 1.82) is 0 Å². The third-order valence-electron chi connectivity index (χ3n) is 3.23. The van der Waals surface area contributed by atoms with Crippen LogP contribution in [0.5, 0.6) is 0 Å². The lowest BCUT2D eigenvalue weighted by Crippen LogP contribution is -2.14. The first kappa shape index (κ1) is 16.7. The SMILES string of the molecule is CCCCOC(=O)c1ccc(NC(=O)c2ccccc2F)cc1. The number of rotatable bonds is 6. The van der Waals surface area contributed by atoms with Crippen LogP contribution in [0.15, 0.2) is 48.5 Å². The molecule has 2 aromatic carbocycles. The molecule has 0 saturated carbocycles. The van der Waals surface area contributed by atoms with Crippen molar-refractivity contribution in [3.63, 3.8) is 0 Å². The van der Waals surface area contributed by atoms with Crippen LogP contribution in [0.3, 0.4) is 0 Å². The number of anilines is 1. The van der Waals surface area contributed by atoms with E-state index >= 15 is 0 Å². The number of benzene rings is 2. The molecular formula is C18H18FNO3. The Balaban J connectivity index is 1.99. The first-order valence-electron chi connectivity index (χ1n) is 7.45. The zero-order chi connectivity index (χ0) is 16.7. The predicted molar refractivity (Wildman–Crippen MR) is 86.0 cm³/mol. The van der Waals surface area contributed by atoms with Crippen LogP contribution in [-0.2, 0) is 4.74 Å². The van der Waals surface area contributed by atoms with E-state index in [1.165, 1.54) is 18.2 Å². The van der Waals surface area contributed by atoms with Crippen molar-refractivity contribution in [2.45, 2.75) is 19.8 Å². The normalized spacial score (nSPS) is 10.2. The van der Waals surface area contributed by atoms with Crippen molar-refractivity contribution in [3.05, 3.63) is 65.5 Å². The van der Waals surface area contributed by atoms with Gasteiger partial charge in [0.2, 0.25) is 0 Å². The molecule has 5 heteroatoms. The minimum absolute atomic E-state index is 0.0319. The van der Waals surface area contributed by atoms with Gasteiger partial charge in [-0.2, -0.15) is 0 Å². The molecule has 23 heavy (non-hydrogen) atoms. The lowest BCUT2D eigenvalue weighted by atomic mass is 10.1. The summed E-state index contributed by atoms with van der Waals surface area (Å²) in [7, 11) is 0. The fourth-order valence-corrected chi connectivity index (χ4v) is 1.93. The molecule has 0 unspecified atom stereocenters. The second-order valence-electron chi connectivity index (χ2n) is 5.00. The van der Waals surface area contributed by atoms with Crippen LogP contribution in [0.4, 0.5) is 10.1 Å². The topological polar surface area (TPSA) is 55.4 Å². The molecular weight excluding hydrogens is 297 g/mol. The minimum Gasteiger partial charge on any atom is -0.462 e. The van der Waals surface area contributed by atoms with Crippen LogP contribution in [0.2, 0.25) is 0 Å². The number of halogens is 1. The van der Waals surface area contributed by atoms with Crippen LogP contribution in [0, 0.1) is 5.82 Å². The number of hydrogen-bond acceptors (Lipinski definition) is 3. The molecule has 0 aliphatic heterocycles. The first-order chi connectivity index (χ1) is 11.1. The molecule has 2 aromatic rings. The summed E-state index contributed by atoms with van der Waals surface area (Å²) in [6.07, 6.45) is 1.77. The zero-order valence-corrected chi connectivity index (χ0v) is 12.8. The molecule has 1 amide bonds. The number of hydrogen-bond donors (Lipinski definition) is 1. The molecule has 0 aliphatic rings. The Labute approximate surface area is 134 Å². The molecule has 0 spiro atoms. The van der Waals surface area contributed by atoms with E-state index in [2.05, 4.69) is 5.32 Å². The van der Waals surface area contributed by atoms with Gasteiger partial charge in [-0.25, -0.2) is 9.18 Å². The van der Waals surface area contributed by atoms with E-state index in [0.29, 0.717) is 17.9 Å². The van der Waals surface area contributed by atoms with E-state index in [1.54, 1.807) is 30.3 Å². The Hall–Kier alpha value is -2.69. The van der Waals surface area contributed by atoms with E-state index in [1.807, 2.05) is 6.92 Å². The molecule has 0 radical (unpaired) electrons. The summed E-state index contributed by atoms with van der Waals surface area (Å²) in [5.41, 5.74) is 0.851. The summed E-state index contributed by atoms with van der Waals surface area (Å²) in [5.74, 6) is -1.52. The number of esters is 1. The van der Waals surface area contributed by atoms with Gasteiger partial charge in [-0.3, -0.25) is 4.79 Å². The highest BCUT2D eigenvalue weighted by molar-refractivity contribution is 6.04. The molecule has 2 rings (SSSR count). The highest BCUT2D eigenvalue weighted by atomic mass is 19.1. The fourth-order valence-electron chi connectivity index (χ4n) is 1.93. The van der Waals surface area contributed by atoms with Gasteiger partial charge in [0.1, 0.15) is 5.82 Å². The highest BCUT2D eigenvalue weighted by Gasteiger charge is 2.12. The van der Waals surface area contributed by atoms with E-state index in [9.17, 15) is 14.0 Å². The molecule has 0 saturated heterocycles. The number of amides is 1.